The molecule has 1 aromatic heterocycles. The number of aliphatic imine (C=N–C) groups is 2. The fourth-order valence-corrected chi connectivity index (χ4v) is 3.66. The number of unbranched alkanes of at least 4 members (excludes halogenated alkanes) is 2. The van der Waals surface area contributed by atoms with Crippen LogP contribution in [0, 0.1) is 0 Å². The third-order valence-electron chi connectivity index (χ3n) is 5.51. The van der Waals surface area contributed by atoms with E-state index in [1.165, 1.54) is 36.8 Å². The molecule has 3 rings (SSSR count). The standard InChI is InChI=1S/C29H35N3/c1-3-5-12-24-14-7-9-18-28(24)30-22-20-26-16-11-17-27(32-26)21-23-31-29-19-10-8-15-25(29)13-6-4-2/h7-11,14-19,22-23H,3-6,12-13,20-21H2,1-2H3. The third kappa shape index (κ3) is 7.56. The van der Waals surface area contributed by atoms with Crippen molar-refractivity contribution in [3.63, 3.8) is 0 Å². The highest BCUT2D eigenvalue weighted by molar-refractivity contribution is 5.68. The van der Waals surface area contributed by atoms with Crippen molar-refractivity contribution in [2.24, 2.45) is 9.98 Å². The van der Waals surface area contributed by atoms with Crippen molar-refractivity contribution in [3.8, 4) is 0 Å². The number of aryl methyl sites for hydroxylation is 2. The van der Waals surface area contributed by atoms with Gasteiger partial charge in [0.1, 0.15) is 0 Å². The van der Waals surface area contributed by atoms with Gasteiger partial charge in [-0.1, -0.05) is 69.2 Å². The number of benzene rings is 2. The first-order chi connectivity index (χ1) is 15.8. The van der Waals surface area contributed by atoms with Crippen molar-refractivity contribution < 1.29 is 0 Å². The van der Waals surface area contributed by atoms with Gasteiger partial charge >= 0.3 is 0 Å². The van der Waals surface area contributed by atoms with Gasteiger partial charge in [0.25, 0.3) is 0 Å². The molecule has 0 saturated heterocycles. The van der Waals surface area contributed by atoms with Crippen LogP contribution in [0.5, 0.6) is 0 Å². The summed E-state index contributed by atoms with van der Waals surface area (Å²) in [6, 6.07) is 23.1. The second-order valence-corrected chi connectivity index (χ2v) is 8.12. The van der Waals surface area contributed by atoms with Crippen LogP contribution in [0.15, 0.2) is 76.7 Å². The number of aromatic nitrogens is 1. The minimum atomic E-state index is 0.729. The van der Waals surface area contributed by atoms with Gasteiger partial charge in [0.05, 0.1) is 11.4 Å². The monoisotopic (exact) mass is 425 g/mol. The molecule has 3 nitrogen and oxygen atoms in total. The lowest BCUT2D eigenvalue weighted by Crippen LogP contribution is -1.97. The second-order valence-electron chi connectivity index (χ2n) is 8.12. The Labute approximate surface area is 193 Å². The molecule has 2 aromatic carbocycles. The molecular formula is C29H35N3. The number of pyridine rings is 1. The van der Waals surface area contributed by atoms with Crippen LogP contribution < -0.4 is 0 Å². The zero-order valence-corrected chi connectivity index (χ0v) is 19.5. The summed E-state index contributed by atoms with van der Waals surface area (Å²) in [4.78, 5) is 14.3. The van der Waals surface area contributed by atoms with E-state index in [9.17, 15) is 0 Å². The largest absolute Gasteiger partial charge is 0.261 e. The lowest BCUT2D eigenvalue weighted by atomic mass is 10.1. The molecule has 0 aliphatic heterocycles. The Morgan fingerprint density at radius 3 is 1.56 bits per heavy atom. The Morgan fingerprint density at radius 1 is 0.625 bits per heavy atom. The fraction of sp³-hybridized carbons (Fsp3) is 0.345. The molecule has 0 aliphatic rings. The van der Waals surface area contributed by atoms with Crippen LogP contribution in [0.1, 0.15) is 62.0 Å². The number of rotatable bonds is 12. The maximum absolute atomic E-state index is 4.80. The predicted molar refractivity (Wildman–Crippen MR) is 138 cm³/mol. The van der Waals surface area contributed by atoms with E-state index in [1.54, 1.807) is 0 Å². The second kappa shape index (κ2) is 13.4. The Hall–Kier alpha value is -3.07. The van der Waals surface area contributed by atoms with Crippen molar-refractivity contribution in [2.45, 2.75) is 65.2 Å². The van der Waals surface area contributed by atoms with Crippen LogP contribution >= 0.6 is 0 Å². The highest BCUT2D eigenvalue weighted by Crippen LogP contribution is 2.21. The van der Waals surface area contributed by atoms with Crippen molar-refractivity contribution in [1.82, 2.24) is 4.98 Å². The molecule has 0 unspecified atom stereocenters. The highest BCUT2D eigenvalue weighted by Gasteiger charge is 2.01. The first-order valence-corrected chi connectivity index (χ1v) is 12.0. The van der Waals surface area contributed by atoms with Gasteiger partial charge in [0, 0.05) is 36.7 Å². The summed E-state index contributed by atoms with van der Waals surface area (Å²) in [6.45, 7) is 4.45. The number of para-hydroxylation sites is 2. The summed E-state index contributed by atoms with van der Waals surface area (Å²) in [5, 5.41) is 0. The molecule has 32 heavy (non-hydrogen) atoms. The van der Waals surface area contributed by atoms with Crippen LogP contribution in [0.4, 0.5) is 11.4 Å². The van der Waals surface area contributed by atoms with Gasteiger partial charge < -0.3 is 0 Å². The van der Waals surface area contributed by atoms with Crippen molar-refractivity contribution in [2.75, 3.05) is 0 Å². The van der Waals surface area contributed by atoms with E-state index in [0.717, 1.165) is 48.4 Å². The van der Waals surface area contributed by atoms with Gasteiger partial charge in [-0.15, -0.1) is 0 Å². The topological polar surface area (TPSA) is 37.6 Å². The number of hydrogen-bond acceptors (Lipinski definition) is 3. The molecule has 0 aliphatic carbocycles. The zero-order chi connectivity index (χ0) is 22.4. The molecule has 0 spiro atoms. The Bertz CT molecular complexity index is 941. The number of hydrogen-bond donors (Lipinski definition) is 0. The molecule has 3 heteroatoms. The van der Waals surface area contributed by atoms with E-state index in [1.807, 2.05) is 12.4 Å². The average molecular weight is 426 g/mol. The van der Waals surface area contributed by atoms with Crippen LogP contribution in [0.3, 0.4) is 0 Å². The third-order valence-corrected chi connectivity index (χ3v) is 5.51. The molecule has 0 amide bonds. The average Bonchev–Trinajstić information content (AvgIpc) is 2.83. The van der Waals surface area contributed by atoms with E-state index in [-0.39, 0.29) is 0 Å². The molecule has 0 bridgehead atoms. The normalized spacial score (nSPS) is 11.6. The Morgan fingerprint density at radius 2 is 1.09 bits per heavy atom. The van der Waals surface area contributed by atoms with Crippen molar-refractivity contribution >= 4 is 23.8 Å². The first kappa shape index (κ1) is 23.6. The van der Waals surface area contributed by atoms with E-state index < -0.39 is 0 Å². The van der Waals surface area contributed by atoms with Gasteiger partial charge in [-0.25, -0.2) is 0 Å². The van der Waals surface area contributed by atoms with Crippen LogP contribution in [0.25, 0.3) is 0 Å². The summed E-state index contributed by atoms with van der Waals surface area (Å²) in [6.07, 6.45) is 12.4. The van der Waals surface area contributed by atoms with Gasteiger partial charge in [0.15, 0.2) is 0 Å². The van der Waals surface area contributed by atoms with E-state index in [2.05, 4.69) is 80.6 Å². The predicted octanol–water partition coefficient (Wildman–Crippen LogP) is 7.66. The first-order valence-electron chi connectivity index (χ1n) is 12.0. The summed E-state index contributed by atoms with van der Waals surface area (Å²) in [5.41, 5.74) is 6.87. The molecule has 0 fully saturated rings. The lowest BCUT2D eigenvalue weighted by Gasteiger charge is -2.05. The summed E-state index contributed by atoms with van der Waals surface area (Å²) < 4.78 is 0. The SMILES string of the molecule is CCCCc1ccccc1N=CCc1cccc(CC=Nc2ccccc2CCCC)n1. The molecule has 1 heterocycles. The van der Waals surface area contributed by atoms with E-state index in [0.29, 0.717) is 0 Å². The Balaban J connectivity index is 1.60. The summed E-state index contributed by atoms with van der Waals surface area (Å²) in [7, 11) is 0. The zero-order valence-electron chi connectivity index (χ0n) is 19.5. The molecule has 3 aromatic rings. The van der Waals surface area contributed by atoms with E-state index in [4.69, 9.17) is 15.0 Å². The molecule has 166 valence electrons. The molecule has 0 N–H and O–H groups in total. The molecule has 0 atom stereocenters. The molecule has 0 saturated carbocycles. The molecular weight excluding hydrogens is 390 g/mol. The summed E-state index contributed by atoms with van der Waals surface area (Å²) >= 11 is 0. The smallest absolute Gasteiger partial charge is 0.0657 e. The lowest BCUT2D eigenvalue weighted by molar-refractivity contribution is 0.795. The van der Waals surface area contributed by atoms with Gasteiger partial charge in [0.2, 0.25) is 0 Å². The molecule has 0 radical (unpaired) electrons. The van der Waals surface area contributed by atoms with Gasteiger partial charge in [-0.2, -0.15) is 0 Å². The van der Waals surface area contributed by atoms with Crippen LogP contribution in [0.2, 0.25) is 0 Å². The van der Waals surface area contributed by atoms with Crippen LogP contribution in [-0.2, 0) is 25.7 Å². The summed E-state index contributed by atoms with van der Waals surface area (Å²) in [5.74, 6) is 0. The van der Waals surface area contributed by atoms with Crippen LogP contribution in [-0.4, -0.2) is 17.4 Å². The minimum absolute atomic E-state index is 0.729. The maximum Gasteiger partial charge on any atom is 0.0657 e. The van der Waals surface area contributed by atoms with E-state index >= 15 is 0 Å². The van der Waals surface area contributed by atoms with Crippen molar-refractivity contribution in [1.29, 1.82) is 0 Å². The van der Waals surface area contributed by atoms with Crippen molar-refractivity contribution in [3.05, 3.63) is 89.2 Å². The minimum Gasteiger partial charge on any atom is -0.261 e. The fourth-order valence-electron chi connectivity index (χ4n) is 3.66. The van der Waals surface area contributed by atoms with Gasteiger partial charge in [-0.05, 0) is 61.1 Å². The maximum atomic E-state index is 4.80. The van der Waals surface area contributed by atoms with Gasteiger partial charge in [-0.3, -0.25) is 15.0 Å². The number of nitrogens with zero attached hydrogens (tertiary/aromatic N) is 3. The highest BCUT2D eigenvalue weighted by atomic mass is 14.8. The Kier molecular flexibility index (Phi) is 9.85. The quantitative estimate of drug-likeness (QED) is 0.274.